The molecule has 1 aliphatic rings. The Labute approximate surface area is 137 Å². The van der Waals surface area contributed by atoms with Gasteiger partial charge in [-0.3, -0.25) is 4.79 Å². The second kappa shape index (κ2) is 6.54. The Morgan fingerprint density at radius 1 is 1.35 bits per heavy atom. The minimum absolute atomic E-state index is 0.0271. The maximum atomic E-state index is 12.6. The van der Waals surface area contributed by atoms with E-state index in [0.717, 1.165) is 30.9 Å². The van der Waals surface area contributed by atoms with Gasteiger partial charge in [0.1, 0.15) is 0 Å². The van der Waals surface area contributed by atoms with Crippen molar-refractivity contribution in [3.63, 3.8) is 0 Å². The molecule has 1 unspecified atom stereocenters. The lowest BCUT2D eigenvalue weighted by atomic mass is 10.0. The lowest BCUT2D eigenvalue weighted by Crippen LogP contribution is -2.36. The topological polar surface area (TPSA) is 59.0 Å². The van der Waals surface area contributed by atoms with Crippen LogP contribution in [0.1, 0.15) is 47.8 Å². The van der Waals surface area contributed by atoms with Crippen LogP contribution in [0.15, 0.2) is 30.5 Å². The number of hydrogen-bond donors (Lipinski definition) is 2. The van der Waals surface area contributed by atoms with Crippen molar-refractivity contribution in [3.05, 3.63) is 47.3 Å². The number of aromatic nitrogens is 2. The zero-order chi connectivity index (χ0) is 16.4. The molecule has 1 aromatic carbocycles. The van der Waals surface area contributed by atoms with Crippen molar-refractivity contribution in [1.29, 1.82) is 0 Å². The molecule has 5 heteroatoms. The van der Waals surface area contributed by atoms with Crippen LogP contribution in [0.4, 0.5) is 0 Å². The summed E-state index contributed by atoms with van der Waals surface area (Å²) in [6.07, 6.45) is 2.67. The number of nitrogens with one attached hydrogen (secondary N) is 2. The fourth-order valence-electron chi connectivity index (χ4n) is 3.02. The van der Waals surface area contributed by atoms with E-state index in [4.69, 9.17) is 0 Å². The molecule has 2 aromatic rings. The van der Waals surface area contributed by atoms with Crippen LogP contribution in [0, 0.1) is 6.92 Å². The lowest BCUT2D eigenvalue weighted by Gasteiger charge is -2.15. The maximum absolute atomic E-state index is 12.6. The average molecular weight is 312 g/mol. The van der Waals surface area contributed by atoms with Gasteiger partial charge in [-0.2, -0.15) is 5.10 Å². The Morgan fingerprint density at radius 2 is 2.09 bits per heavy atom. The first kappa shape index (κ1) is 15.7. The van der Waals surface area contributed by atoms with Crippen LogP contribution in [0.5, 0.6) is 0 Å². The molecular formula is C18H24N4O. The summed E-state index contributed by atoms with van der Waals surface area (Å²) in [5, 5.41) is 10.9. The lowest BCUT2D eigenvalue weighted by molar-refractivity contribution is 0.0938. The molecule has 3 rings (SSSR count). The summed E-state index contributed by atoms with van der Waals surface area (Å²) in [5.41, 5.74) is 3.82. The number of carbonyl (C=O) groups excluding carboxylic acids is 1. The first-order valence-electron chi connectivity index (χ1n) is 8.23. The molecule has 1 fully saturated rings. The SMILES string of the molecule is Cc1ccc(-n2ncc(C(=O)NC3CCNC3)c2C(C)C)cc1. The van der Waals surface area contributed by atoms with Crippen LogP contribution >= 0.6 is 0 Å². The molecule has 0 bridgehead atoms. The van der Waals surface area contributed by atoms with Gasteiger partial charge < -0.3 is 10.6 Å². The largest absolute Gasteiger partial charge is 0.348 e. The third kappa shape index (κ3) is 3.29. The minimum Gasteiger partial charge on any atom is -0.348 e. The Kier molecular flexibility index (Phi) is 4.48. The maximum Gasteiger partial charge on any atom is 0.255 e. The van der Waals surface area contributed by atoms with Gasteiger partial charge in [0, 0.05) is 12.6 Å². The van der Waals surface area contributed by atoms with E-state index in [-0.39, 0.29) is 17.9 Å². The van der Waals surface area contributed by atoms with E-state index in [1.807, 2.05) is 16.8 Å². The van der Waals surface area contributed by atoms with Crippen LogP contribution < -0.4 is 10.6 Å². The van der Waals surface area contributed by atoms with Gasteiger partial charge in [-0.05, 0) is 37.9 Å². The van der Waals surface area contributed by atoms with Crippen molar-refractivity contribution in [2.75, 3.05) is 13.1 Å². The molecule has 1 atom stereocenters. The zero-order valence-electron chi connectivity index (χ0n) is 14.0. The number of aryl methyl sites for hydroxylation is 1. The summed E-state index contributed by atoms with van der Waals surface area (Å²) in [5.74, 6) is 0.182. The quantitative estimate of drug-likeness (QED) is 0.911. The van der Waals surface area contributed by atoms with E-state index >= 15 is 0 Å². The molecule has 0 radical (unpaired) electrons. The van der Waals surface area contributed by atoms with Gasteiger partial charge in [0.2, 0.25) is 0 Å². The fraction of sp³-hybridized carbons (Fsp3) is 0.444. The number of nitrogens with zero attached hydrogens (tertiary/aromatic N) is 2. The third-order valence-corrected chi connectivity index (χ3v) is 4.27. The molecule has 0 aliphatic carbocycles. The zero-order valence-corrected chi connectivity index (χ0v) is 14.0. The predicted octanol–water partition coefficient (Wildman–Crippen LogP) is 2.40. The first-order chi connectivity index (χ1) is 11.1. The smallest absolute Gasteiger partial charge is 0.255 e. The number of carbonyl (C=O) groups is 1. The van der Waals surface area contributed by atoms with Crippen LogP contribution in [-0.4, -0.2) is 34.8 Å². The van der Waals surface area contributed by atoms with E-state index in [0.29, 0.717) is 5.56 Å². The highest BCUT2D eigenvalue weighted by Crippen LogP contribution is 2.23. The second-order valence-corrected chi connectivity index (χ2v) is 6.51. The van der Waals surface area contributed by atoms with E-state index < -0.39 is 0 Å². The van der Waals surface area contributed by atoms with E-state index in [1.165, 1.54) is 5.56 Å². The van der Waals surface area contributed by atoms with Crippen LogP contribution in [0.25, 0.3) is 5.69 Å². The summed E-state index contributed by atoms with van der Waals surface area (Å²) in [6, 6.07) is 8.41. The first-order valence-corrected chi connectivity index (χ1v) is 8.23. The van der Waals surface area contributed by atoms with Crippen LogP contribution in [-0.2, 0) is 0 Å². The Bertz CT molecular complexity index is 682. The molecule has 1 saturated heterocycles. The van der Waals surface area contributed by atoms with Crippen LogP contribution in [0.2, 0.25) is 0 Å². The Balaban J connectivity index is 1.91. The van der Waals surface area contributed by atoms with Gasteiger partial charge in [-0.15, -0.1) is 0 Å². The number of hydrogen-bond acceptors (Lipinski definition) is 3. The number of amides is 1. The number of rotatable bonds is 4. The highest BCUT2D eigenvalue weighted by atomic mass is 16.1. The van der Waals surface area contributed by atoms with Gasteiger partial charge >= 0.3 is 0 Å². The molecule has 122 valence electrons. The second-order valence-electron chi connectivity index (χ2n) is 6.51. The van der Waals surface area contributed by atoms with Crippen molar-refractivity contribution in [2.45, 2.75) is 39.2 Å². The fourth-order valence-corrected chi connectivity index (χ4v) is 3.02. The van der Waals surface area contributed by atoms with Crippen molar-refractivity contribution in [3.8, 4) is 5.69 Å². The molecule has 5 nitrogen and oxygen atoms in total. The summed E-state index contributed by atoms with van der Waals surface area (Å²) in [7, 11) is 0. The van der Waals surface area contributed by atoms with E-state index in [2.05, 4.69) is 48.6 Å². The molecule has 2 heterocycles. The standard InChI is InChI=1S/C18H24N4O/c1-12(2)17-16(18(23)21-14-8-9-19-10-14)11-20-22(17)15-6-4-13(3)5-7-15/h4-7,11-12,14,19H,8-10H2,1-3H3,(H,21,23). The summed E-state index contributed by atoms with van der Waals surface area (Å²) < 4.78 is 1.88. The van der Waals surface area contributed by atoms with Crippen LogP contribution in [0.3, 0.4) is 0 Å². The summed E-state index contributed by atoms with van der Waals surface area (Å²) in [6.45, 7) is 8.05. The number of benzene rings is 1. The van der Waals surface area contributed by atoms with Crippen molar-refractivity contribution < 1.29 is 4.79 Å². The molecule has 2 N–H and O–H groups in total. The van der Waals surface area contributed by atoms with E-state index in [1.54, 1.807) is 6.20 Å². The summed E-state index contributed by atoms with van der Waals surface area (Å²) >= 11 is 0. The molecule has 0 saturated carbocycles. The molecule has 23 heavy (non-hydrogen) atoms. The van der Waals surface area contributed by atoms with E-state index in [9.17, 15) is 4.79 Å². The van der Waals surface area contributed by atoms with Gasteiger partial charge in [0.05, 0.1) is 23.1 Å². The van der Waals surface area contributed by atoms with Gasteiger partial charge in [-0.25, -0.2) is 4.68 Å². The normalized spacial score (nSPS) is 17.7. The van der Waals surface area contributed by atoms with Gasteiger partial charge in [-0.1, -0.05) is 31.5 Å². The van der Waals surface area contributed by atoms with Crippen molar-refractivity contribution in [2.24, 2.45) is 0 Å². The summed E-state index contributed by atoms with van der Waals surface area (Å²) in [4.78, 5) is 12.6. The Morgan fingerprint density at radius 3 is 2.70 bits per heavy atom. The molecular weight excluding hydrogens is 288 g/mol. The molecule has 1 aromatic heterocycles. The predicted molar refractivity (Wildman–Crippen MR) is 91.1 cm³/mol. The Hall–Kier alpha value is -2.14. The highest BCUT2D eigenvalue weighted by Gasteiger charge is 2.24. The van der Waals surface area contributed by atoms with Crippen molar-refractivity contribution >= 4 is 5.91 Å². The monoisotopic (exact) mass is 312 g/mol. The van der Waals surface area contributed by atoms with Gasteiger partial charge in [0.25, 0.3) is 5.91 Å². The van der Waals surface area contributed by atoms with Gasteiger partial charge in [0.15, 0.2) is 0 Å². The van der Waals surface area contributed by atoms with Crippen molar-refractivity contribution in [1.82, 2.24) is 20.4 Å². The molecule has 1 aliphatic heterocycles. The third-order valence-electron chi connectivity index (χ3n) is 4.27. The highest BCUT2D eigenvalue weighted by molar-refractivity contribution is 5.95. The molecule has 0 spiro atoms. The average Bonchev–Trinajstić information content (AvgIpc) is 3.16. The molecule has 1 amide bonds. The minimum atomic E-state index is -0.0271.